The molecule has 2 bridgehead atoms. The SMILES string of the molecule is [2H]C([2H])([2H])c1cc(-n2c3[c-]c(Oc4[c-]c([N@@+]56[CH-][N@@+](c7cc(C(C)(C)C)cc(C(C)(C)C)c7)(C5)c5c(-c7cccc(C(C)(C)C)c7)cccc56)ccc4)ccc3c3ccccc32)ncc1-c1cccc(C#N)c1.[Pt]. The van der Waals surface area contributed by atoms with Crippen LogP contribution in [0.5, 0.6) is 11.5 Å². The first-order valence-electron chi connectivity index (χ1n) is 25.3. The summed E-state index contributed by atoms with van der Waals surface area (Å²) in [4.78, 5) is 4.88. The number of nitriles is 1. The van der Waals surface area contributed by atoms with Crippen LogP contribution >= 0.6 is 0 Å². The van der Waals surface area contributed by atoms with Crippen molar-refractivity contribution in [2.24, 2.45) is 0 Å². The molecule has 352 valence electrons. The van der Waals surface area contributed by atoms with Gasteiger partial charge in [-0.2, -0.15) is 17.4 Å². The molecule has 1 saturated heterocycles. The fraction of sp³-hybridized carbons (Fsp3) is 0.222. The van der Waals surface area contributed by atoms with Gasteiger partial charge in [-0.25, -0.2) is 4.98 Å². The number of aromatic nitrogens is 2. The second kappa shape index (κ2) is 16.8. The zero-order valence-electron chi connectivity index (χ0n) is 44.2. The van der Waals surface area contributed by atoms with Gasteiger partial charge >= 0.3 is 0 Å². The van der Waals surface area contributed by atoms with Gasteiger partial charge in [-0.05, 0) is 92.2 Å². The molecule has 9 aromatic rings. The Labute approximate surface area is 432 Å². The van der Waals surface area contributed by atoms with E-state index in [2.05, 4.69) is 154 Å². The molecule has 7 heteroatoms. The minimum absolute atomic E-state index is 0. The number of pyridine rings is 1. The van der Waals surface area contributed by atoms with Crippen molar-refractivity contribution in [3.05, 3.63) is 198 Å². The van der Waals surface area contributed by atoms with Gasteiger partial charge in [0.15, 0.2) is 18.0 Å². The minimum atomic E-state index is -2.47. The fourth-order valence-corrected chi connectivity index (χ4v) is 10.4. The summed E-state index contributed by atoms with van der Waals surface area (Å²) in [6.07, 6.45) is 1.59. The molecule has 12 rings (SSSR count). The van der Waals surface area contributed by atoms with Crippen LogP contribution in [0.2, 0.25) is 0 Å². The number of fused-ring (bicyclic) bond motifs is 3. The summed E-state index contributed by atoms with van der Waals surface area (Å²) >= 11 is 0. The summed E-state index contributed by atoms with van der Waals surface area (Å²) in [5.74, 6) is 1.46. The summed E-state index contributed by atoms with van der Waals surface area (Å²) in [6.45, 7) is 21.4. The van der Waals surface area contributed by atoms with Crippen molar-refractivity contribution in [1.29, 1.82) is 5.26 Å². The Morgan fingerprint density at radius 2 is 1.33 bits per heavy atom. The van der Waals surface area contributed by atoms with Crippen LogP contribution in [-0.2, 0) is 37.3 Å². The van der Waals surface area contributed by atoms with E-state index in [0.717, 1.165) is 28.6 Å². The largest absolute Gasteiger partial charge is 0.509 e. The molecule has 3 aliphatic heterocycles. The monoisotopic (exact) mass is 1100 g/mol. The van der Waals surface area contributed by atoms with Crippen molar-refractivity contribution in [2.75, 3.05) is 6.67 Å². The summed E-state index contributed by atoms with van der Waals surface area (Å²) in [6, 6.07) is 59.3. The molecule has 6 nitrogen and oxygen atoms in total. The van der Waals surface area contributed by atoms with Gasteiger partial charge in [0.25, 0.3) is 0 Å². The first-order valence-corrected chi connectivity index (χ1v) is 23.8. The van der Waals surface area contributed by atoms with Gasteiger partial charge in [0.1, 0.15) is 11.5 Å². The van der Waals surface area contributed by atoms with E-state index >= 15 is 0 Å². The molecule has 0 radical (unpaired) electrons. The maximum Gasteiger partial charge on any atom is 0.187 e. The Kier molecular flexibility index (Phi) is 10.4. The molecule has 1 fully saturated rings. The average molecular weight is 1100 g/mol. The van der Waals surface area contributed by atoms with Crippen LogP contribution in [0.1, 0.15) is 94.2 Å². The summed E-state index contributed by atoms with van der Waals surface area (Å²) in [5, 5.41) is 11.5. The molecular weight excluding hydrogens is 1040 g/mol. The Morgan fingerprint density at radius 1 is 0.657 bits per heavy atom. The van der Waals surface area contributed by atoms with Gasteiger partial charge in [0.05, 0.1) is 18.3 Å². The molecular formula is C63H58N5OPt-. The van der Waals surface area contributed by atoms with Crippen LogP contribution in [0, 0.1) is 37.0 Å². The van der Waals surface area contributed by atoms with Gasteiger partial charge in [-0.1, -0.05) is 141 Å². The third-order valence-electron chi connectivity index (χ3n) is 14.2. The quantitative estimate of drug-likeness (QED) is 0.118. The first kappa shape index (κ1) is 43.4. The first-order chi connectivity index (χ1) is 34.1. The van der Waals surface area contributed by atoms with Crippen LogP contribution in [-0.4, -0.2) is 16.2 Å². The zero-order valence-corrected chi connectivity index (χ0v) is 43.5. The van der Waals surface area contributed by atoms with Crippen molar-refractivity contribution in [1.82, 2.24) is 18.5 Å². The van der Waals surface area contributed by atoms with Crippen LogP contribution in [0.25, 0.3) is 49.9 Å². The number of hydrogen-bond donors (Lipinski definition) is 0. The second-order valence-corrected chi connectivity index (χ2v) is 22.0. The van der Waals surface area contributed by atoms with E-state index in [4.69, 9.17) is 13.8 Å². The van der Waals surface area contributed by atoms with Gasteiger partial charge in [-0.15, -0.1) is 29.7 Å². The number of rotatable bonds is 7. The van der Waals surface area contributed by atoms with Gasteiger partial charge in [-0.3, -0.25) is 4.48 Å². The maximum absolute atomic E-state index is 9.61. The molecule has 0 aliphatic carbocycles. The van der Waals surface area contributed by atoms with E-state index in [-0.39, 0.29) is 42.9 Å². The molecule has 0 spiro atoms. The average Bonchev–Trinajstić information content (AvgIpc) is 3.94. The number of ether oxygens (including phenoxy) is 1. The standard InChI is InChI=1S/C63H58N5O.Pt/c1-41-29-59(65-38-55(41)43-18-13-17-42(30-43)37-64)66-56-25-12-11-23-53(56)54-28-27-51(36-57(54)66)69-50-22-15-21-48(35-50)67-39-68(40-67,49-33-46(62(5,6)7)32-47(34-49)63(8,9)10)60-52(24-16-26-58(60)67)44-19-14-20-45(31-44)61(2,3)4;/h11-34,38-39H,40H2,1-10H3;/q-1;/t67-,68+;/m1./s1/i1D3;. The van der Waals surface area contributed by atoms with Crippen LogP contribution < -0.4 is 13.7 Å². The van der Waals surface area contributed by atoms with Crippen molar-refractivity contribution in [3.8, 4) is 45.6 Å². The molecule has 7 aromatic carbocycles. The predicted octanol–water partition coefficient (Wildman–Crippen LogP) is 16.4. The van der Waals surface area contributed by atoms with Gasteiger partial charge < -0.3 is 13.8 Å². The van der Waals surface area contributed by atoms with Crippen LogP contribution in [0.4, 0.5) is 22.7 Å². The molecule has 3 aliphatic rings. The van der Waals surface area contributed by atoms with Crippen molar-refractivity contribution in [2.45, 2.75) is 85.4 Å². The topological polar surface area (TPSA) is 50.8 Å². The van der Waals surface area contributed by atoms with Crippen LogP contribution in [0.3, 0.4) is 0 Å². The zero-order chi connectivity index (χ0) is 50.8. The van der Waals surface area contributed by atoms with E-state index in [9.17, 15) is 5.26 Å². The van der Waals surface area contributed by atoms with E-state index in [1.807, 2.05) is 53.1 Å². The third kappa shape index (κ3) is 7.71. The predicted molar refractivity (Wildman–Crippen MR) is 284 cm³/mol. The molecule has 2 aromatic heterocycles. The van der Waals surface area contributed by atoms with Crippen molar-refractivity contribution < 1.29 is 29.9 Å². The maximum atomic E-state index is 9.61. The normalized spacial score (nSPS) is 18.3. The smallest absolute Gasteiger partial charge is 0.187 e. The van der Waals surface area contributed by atoms with Gasteiger partial charge in [0, 0.05) is 83.4 Å². The summed E-state index contributed by atoms with van der Waals surface area (Å²) in [5.41, 5.74) is 14.1. The molecule has 0 N–H and O–H groups in total. The van der Waals surface area contributed by atoms with E-state index < -0.39 is 6.85 Å². The summed E-state index contributed by atoms with van der Waals surface area (Å²) in [7, 11) is 0. The molecule has 0 amide bonds. The Balaban J connectivity index is 0.00000611. The number of quaternary nitrogens is 2. The number of hydrogen-bond acceptors (Lipinski definition) is 3. The summed E-state index contributed by atoms with van der Waals surface area (Å²) < 4.78 is 35.6. The molecule has 0 saturated carbocycles. The molecule has 2 atom stereocenters. The fourth-order valence-electron chi connectivity index (χ4n) is 10.4. The molecule has 0 unspecified atom stereocenters. The Bertz CT molecular complexity index is 3670. The van der Waals surface area contributed by atoms with E-state index in [0.29, 0.717) is 48.5 Å². The van der Waals surface area contributed by atoms with Crippen molar-refractivity contribution in [3.63, 3.8) is 0 Å². The molecule has 5 heterocycles. The number of benzene rings is 7. The second-order valence-electron chi connectivity index (χ2n) is 22.0. The van der Waals surface area contributed by atoms with Gasteiger partial charge in [0.2, 0.25) is 0 Å². The van der Waals surface area contributed by atoms with Crippen molar-refractivity contribution >= 4 is 44.6 Å². The van der Waals surface area contributed by atoms with E-state index in [1.54, 1.807) is 36.5 Å². The number of aryl methyl sites for hydroxylation is 1. The third-order valence-corrected chi connectivity index (χ3v) is 14.2. The number of para-hydroxylation sites is 2. The minimum Gasteiger partial charge on any atom is -0.509 e. The number of nitrogens with zero attached hydrogens (tertiary/aromatic N) is 5. The van der Waals surface area contributed by atoms with Crippen LogP contribution in [0.15, 0.2) is 152 Å². The Morgan fingerprint density at radius 3 is 2.04 bits per heavy atom. The Hall–Kier alpha value is -6.61. The van der Waals surface area contributed by atoms with E-state index in [1.165, 1.54) is 44.9 Å². The molecule has 70 heavy (non-hydrogen) atoms.